The van der Waals surface area contributed by atoms with Gasteiger partial charge in [-0.1, -0.05) is 30.3 Å². The molecule has 5 aliphatic heterocycles. The Kier molecular flexibility index (Phi) is 4.23. The van der Waals surface area contributed by atoms with Crippen LogP contribution in [0.5, 0.6) is 0 Å². The molecule has 6 rings (SSSR count). The first-order valence-electron chi connectivity index (χ1n) is 9.60. The van der Waals surface area contributed by atoms with Crippen LogP contribution >= 0.6 is 0 Å². The van der Waals surface area contributed by atoms with Gasteiger partial charge in [0.05, 0.1) is 13.2 Å². The zero-order valence-corrected chi connectivity index (χ0v) is 14.9. The fraction of sp³-hybridized carbons (Fsp3) is 0.684. The molecule has 0 aromatic heterocycles. The standard InChI is InChI=1S/C19H22O9/c20-11-12(21)18(28-14-10-7-23-19(25-10)16-15(14)26-16)24-9-6-22-17(27-13(9)11)8-4-2-1-3-5-8/h1-5,9-21H,6-7H2/t9?,10?,11-,12?,13-,14-,15-,16?,17?,18+,19-/m1/s1. The quantitative estimate of drug-likeness (QED) is 0.653. The lowest BCUT2D eigenvalue weighted by atomic mass is 9.97. The summed E-state index contributed by atoms with van der Waals surface area (Å²) in [6, 6.07) is 9.44. The molecule has 0 saturated carbocycles. The Bertz CT molecular complexity index is 715. The molecule has 5 unspecified atom stereocenters. The highest BCUT2D eigenvalue weighted by Crippen LogP contribution is 2.44. The highest BCUT2D eigenvalue weighted by Gasteiger charge is 2.63. The van der Waals surface area contributed by atoms with Gasteiger partial charge in [-0.3, -0.25) is 0 Å². The second-order valence-corrected chi connectivity index (χ2v) is 7.74. The average Bonchev–Trinajstić information content (AvgIpc) is 3.42. The molecule has 5 saturated heterocycles. The van der Waals surface area contributed by atoms with Crippen molar-refractivity contribution in [2.75, 3.05) is 13.2 Å². The molecule has 1 aromatic rings. The molecular weight excluding hydrogens is 372 g/mol. The fourth-order valence-electron chi connectivity index (χ4n) is 4.41. The van der Waals surface area contributed by atoms with E-state index in [-0.39, 0.29) is 31.2 Å². The molecule has 5 aliphatic rings. The van der Waals surface area contributed by atoms with Gasteiger partial charge in [0.1, 0.15) is 48.8 Å². The van der Waals surface area contributed by atoms with Crippen LogP contribution in [0.4, 0.5) is 0 Å². The lowest BCUT2D eigenvalue weighted by Gasteiger charge is -2.47. The highest BCUT2D eigenvalue weighted by atomic mass is 16.8. The molecule has 9 nitrogen and oxygen atoms in total. The first-order valence-corrected chi connectivity index (χ1v) is 9.60. The van der Waals surface area contributed by atoms with Crippen LogP contribution in [-0.4, -0.2) is 84.8 Å². The van der Waals surface area contributed by atoms with Gasteiger partial charge in [-0.15, -0.1) is 0 Å². The summed E-state index contributed by atoms with van der Waals surface area (Å²) in [6.45, 7) is 0.625. The molecule has 28 heavy (non-hydrogen) atoms. The van der Waals surface area contributed by atoms with E-state index in [0.717, 1.165) is 5.56 Å². The monoisotopic (exact) mass is 394 g/mol. The van der Waals surface area contributed by atoms with Crippen molar-refractivity contribution < 1.29 is 43.4 Å². The van der Waals surface area contributed by atoms with Crippen molar-refractivity contribution in [2.24, 2.45) is 0 Å². The molecule has 2 N–H and O–H groups in total. The van der Waals surface area contributed by atoms with E-state index < -0.39 is 43.1 Å². The summed E-state index contributed by atoms with van der Waals surface area (Å²) in [4.78, 5) is 0. The van der Waals surface area contributed by atoms with Crippen molar-refractivity contribution in [1.82, 2.24) is 0 Å². The number of hydrogen-bond donors (Lipinski definition) is 2. The number of fused-ring (bicyclic) bond motifs is 5. The summed E-state index contributed by atoms with van der Waals surface area (Å²) in [5.74, 6) is 0. The molecule has 9 heteroatoms. The minimum Gasteiger partial charge on any atom is -0.387 e. The van der Waals surface area contributed by atoms with Crippen LogP contribution in [0.1, 0.15) is 11.9 Å². The zero-order valence-electron chi connectivity index (χ0n) is 14.9. The maximum Gasteiger partial charge on any atom is 0.187 e. The Labute approximate surface area is 161 Å². The largest absolute Gasteiger partial charge is 0.387 e. The summed E-state index contributed by atoms with van der Waals surface area (Å²) in [6.07, 6.45) is -6.70. The van der Waals surface area contributed by atoms with Crippen LogP contribution in [0.25, 0.3) is 0 Å². The van der Waals surface area contributed by atoms with Gasteiger partial charge in [0.25, 0.3) is 0 Å². The molecule has 5 fully saturated rings. The molecule has 5 heterocycles. The van der Waals surface area contributed by atoms with Gasteiger partial charge in [0, 0.05) is 5.56 Å². The van der Waals surface area contributed by atoms with Crippen molar-refractivity contribution >= 4 is 0 Å². The third-order valence-electron chi connectivity index (χ3n) is 5.95. The first-order chi connectivity index (χ1) is 13.7. The van der Waals surface area contributed by atoms with Gasteiger partial charge < -0.3 is 43.4 Å². The second kappa shape index (κ2) is 6.69. The first kappa shape index (κ1) is 17.7. The molecule has 2 bridgehead atoms. The van der Waals surface area contributed by atoms with Gasteiger partial charge in [0.15, 0.2) is 18.9 Å². The fourth-order valence-corrected chi connectivity index (χ4v) is 4.41. The molecule has 1 aromatic carbocycles. The van der Waals surface area contributed by atoms with Crippen molar-refractivity contribution in [3.63, 3.8) is 0 Å². The number of benzene rings is 1. The molecule has 152 valence electrons. The van der Waals surface area contributed by atoms with E-state index in [1.54, 1.807) is 0 Å². The minimum atomic E-state index is -1.27. The van der Waals surface area contributed by atoms with Crippen molar-refractivity contribution in [3.05, 3.63) is 35.9 Å². The number of rotatable bonds is 3. The molecule has 0 radical (unpaired) electrons. The van der Waals surface area contributed by atoms with E-state index >= 15 is 0 Å². The van der Waals surface area contributed by atoms with Crippen LogP contribution in [-0.2, 0) is 33.2 Å². The Morgan fingerprint density at radius 2 is 1.61 bits per heavy atom. The van der Waals surface area contributed by atoms with Crippen LogP contribution in [0.2, 0.25) is 0 Å². The maximum atomic E-state index is 10.7. The molecular formula is C19H22O9. The topological polar surface area (TPSA) is 108 Å². The summed E-state index contributed by atoms with van der Waals surface area (Å²) >= 11 is 0. The van der Waals surface area contributed by atoms with Gasteiger partial charge in [0.2, 0.25) is 0 Å². The molecule has 0 amide bonds. The van der Waals surface area contributed by atoms with Crippen molar-refractivity contribution in [3.8, 4) is 0 Å². The van der Waals surface area contributed by atoms with E-state index in [1.807, 2.05) is 30.3 Å². The number of aliphatic hydroxyl groups is 2. The Balaban J connectivity index is 1.15. The Morgan fingerprint density at radius 3 is 2.46 bits per heavy atom. The summed E-state index contributed by atoms with van der Waals surface area (Å²) in [5.41, 5.74) is 0.841. The molecule has 11 atom stereocenters. The summed E-state index contributed by atoms with van der Waals surface area (Å²) in [5, 5.41) is 21.3. The lowest BCUT2D eigenvalue weighted by molar-refractivity contribution is -0.369. The summed E-state index contributed by atoms with van der Waals surface area (Å²) in [7, 11) is 0. The third-order valence-corrected chi connectivity index (χ3v) is 5.95. The van der Waals surface area contributed by atoms with Gasteiger partial charge in [-0.2, -0.15) is 0 Å². The predicted octanol–water partition coefficient (Wildman–Crippen LogP) is -0.545. The maximum absolute atomic E-state index is 10.7. The third kappa shape index (κ3) is 2.82. The van der Waals surface area contributed by atoms with Crippen LogP contribution < -0.4 is 0 Å². The van der Waals surface area contributed by atoms with E-state index in [0.29, 0.717) is 6.61 Å². The van der Waals surface area contributed by atoms with Gasteiger partial charge >= 0.3 is 0 Å². The Morgan fingerprint density at radius 1 is 0.786 bits per heavy atom. The Hall–Kier alpha value is -1.14. The number of aliphatic hydroxyl groups excluding tert-OH is 2. The van der Waals surface area contributed by atoms with E-state index in [4.69, 9.17) is 33.2 Å². The average molecular weight is 394 g/mol. The predicted molar refractivity (Wildman–Crippen MR) is 88.8 cm³/mol. The molecule has 0 aliphatic carbocycles. The van der Waals surface area contributed by atoms with E-state index in [1.165, 1.54) is 0 Å². The highest BCUT2D eigenvalue weighted by molar-refractivity contribution is 5.16. The number of hydrogen-bond acceptors (Lipinski definition) is 9. The van der Waals surface area contributed by atoms with E-state index in [9.17, 15) is 10.2 Å². The molecule has 0 spiro atoms. The number of epoxide rings is 1. The summed E-state index contributed by atoms with van der Waals surface area (Å²) < 4.78 is 40.4. The number of ether oxygens (including phenoxy) is 7. The van der Waals surface area contributed by atoms with Crippen LogP contribution in [0.15, 0.2) is 30.3 Å². The van der Waals surface area contributed by atoms with E-state index in [2.05, 4.69) is 0 Å². The van der Waals surface area contributed by atoms with Crippen LogP contribution in [0.3, 0.4) is 0 Å². The van der Waals surface area contributed by atoms with Crippen molar-refractivity contribution in [1.29, 1.82) is 0 Å². The normalized spacial score (nSPS) is 52.0. The van der Waals surface area contributed by atoms with Crippen LogP contribution in [0, 0.1) is 0 Å². The van der Waals surface area contributed by atoms with Crippen molar-refractivity contribution in [2.45, 2.75) is 67.7 Å². The minimum absolute atomic E-state index is 0.141. The second-order valence-electron chi connectivity index (χ2n) is 7.74. The smallest absolute Gasteiger partial charge is 0.187 e. The van der Waals surface area contributed by atoms with Gasteiger partial charge in [-0.25, -0.2) is 0 Å². The zero-order chi connectivity index (χ0) is 18.8. The van der Waals surface area contributed by atoms with Gasteiger partial charge in [-0.05, 0) is 0 Å². The lowest BCUT2D eigenvalue weighted by Crippen LogP contribution is -2.63. The SMILES string of the molecule is OC1[C@H](O[C@@H]2C3CO[C@H](O3)C3O[C@@H]32)OC2COC(c3ccccc3)O[C@H]2[C@@H]1O.